The fourth-order valence-electron chi connectivity index (χ4n) is 3.33. The molecule has 1 unspecified atom stereocenters. The van der Waals surface area contributed by atoms with Crippen molar-refractivity contribution in [3.8, 4) is 22.5 Å². The second-order valence-electron chi connectivity index (χ2n) is 7.46. The average Bonchev–Trinajstić information content (AvgIpc) is 3.14. The maximum Gasteiger partial charge on any atom is 0.232 e. The van der Waals surface area contributed by atoms with Crippen LogP contribution in [0.1, 0.15) is 13.8 Å². The van der Waals surface area contributed by atoms with Crippen molar-refractivity contribution in [2.75, 3.05) is 19.4 Å². The van der Waals surface area contributed by atoms with Crippen molar-refractivity contribution in [1.82, 2.24) is 14.3 Å². The van der Waals surface area contributed by atoms with Crippen molar-refractivity contribution in [3.63, 3.8) is 0 Å². The molecule has 30 heavy (non-hydrogen) atoms. The number of furan rings is 1. The molecule has 0 amide bonds. The predicted octanol–water partition coefficient (Wildman–Crippen LogP) is 4.96. The van der Waals surface area contributed by atoms with E-state index < -0.39 is 11.0 Å². The van der Waals surface area contributed by atoms with Gasteiger partial charge in [0.15, 0.2) is 0 Å². The molecule has 0 fully saturated rings. The van der Waals surface area contributed by atoms with Crippen molar-refractivity contribution in [3.05, 3.63) is 60.9 Å². The molecular formula is C23H24N4O2S. The summed E-state index contributed by atoms with van der Waals surface area (Å²) in [5.41, 5.74) is 3.38. The third kappa shape index (κ3) is 3.86. The molecule has 0 saturated carbocycles. The molecule has 2 aromatic carbocycles. The lowest BCUT2D eigenvalue weighted by atomic mass is 9.99. The molecule has 0 radical (unpaired) electrons. The first kappa shape index (κ1) is 20.3. The Morgan fingerprint density at radius 1 is 0.967 bits per heavy atom. The van der Waals surface area contributed by atoms with Crippen LogP contribution in [-0.2, 0) is 11.0 Å². The van der Waals surface area contributed by atoms with Crippen LogP contribution >= 0.6 is 0 Å². The maximum atomic E-state index is 12.4. The summed E-state index contributed by atoms with van der Waals surface area (Å²) in [5, 5.41) is 4.26. The van der Waals surface area contributed by atoms with E-state index in [1.54, 1.807) is 18.4 Å². The Morgan fingerprint density at radius 2 is 1.67 bits per heavy atom. The first-order chi connectivity index (χ1) is 14.5. The zero-order chi connectivity index (χ0) is 21.3. The Morgan fingerprint density at radius 3 is 2.30 bits per heavy atom. The van der Waals surface area contributed by atoms with E-state index in [4.69, 9.17) is 4.42 Å². The van der Waals surface area contributed by atoms with E-state index in [0.717, 1.165) is 32.8 Å². The van der Waals surface area contributed by atoms with Gasteiger partial charge in [0.2, 0.25) is 5.71 Å². The molecule has 0 bridgehead atoms. The van der Waals surface area contributed by atoms with Gasteiger partial charge in [-0.15, -0.1) is 0 Å². The van der Waals surface area contributed by atoms with Crippen LogP contribution in [0.5, 0.6) is 0 Å². The molecule has 0 aliphatic carbocycles. The Balaban J connectivity index is 1.93. The van der Waals surface area contributed by atoms with Gasteiger partial charge in [0, 0.05) is 17.2 Å². The van der Waals surface area contributed by atoms with Crippen LogP contribution in [0.25, 0.3) is 33.6 Å². The van der Waals surface area contributed by atoms with E-state index in [1.807, 2.05) is 42.5 Å². The summed E-state index contributed by atoms with van der Waals surface area (Å²) >= 11 is 0. The number of fused-ring (bicyclic) bond motifs is 1. The lowest BCUT2D eigenvalue weighted by Crippen LogP contribution is -2.15. The molecule has 1 atom stereocenters. The molecular weight excluding hydrogens is 396 g/mol. The smallest absolute Gasteiger partial charge is 0.232 e. The molecule has 0 spiro atoms. The van der Waals surface area contributed by atoms with Crippen LogP contribution in [0.4, 0.5) is 5.82 Å². The molecule has 7 heteroatoms. The summed E-state index contributed by atoms with van der Waals surface area (Å²) < 4.78 is 20.3. The normalized spacial score (nSPS) is 12.6. The number of aromatic nitrogens is 2. The van der Waals surface area contributed by atoms with Gasteiger partial charge in [-0.25, -0.2) is 18.5 Å². The summed E-state index contributed by atoms with van der Waals surface area (Å²) in [4.78, 5) is 9.59. The van der Waals surface area contributed by atoms with Crippen molar-refractivity contribution in [2.45, 2.75) is 24.8 Å². The zero-order valence-electron chi connectivity index (χ0n) is 17.4. The van der Waals surface area contributed by atoms with Crippen molar-refractivity contribution < 1.29 is 8.63 Å². The first-order valence-electron chi connectivity index (χ1n) is 9.75. The molecule has 4 rings (SSSR count). The van der Waals surface area contributed by atoms with E-state index in [1.165, 1.54) is 6.33 Å². The molecule has 154 valence electrons. The Hall–Kier alpha value is -3.03. The summed E-state index contributed by atoms with van der Waals surface area (Å²) in [5.74, 6) is 1.46. The van der Waals surface area contributed by atoms with Crippen molar-refractivity contribution in [1.29, 1.82) is 0 Å². The highest BCUT2D eigenvalue weighted by molar-refractivity contribution is 7.82. The van der Waals surface area contributed by atoms with Gasteiger partial charge in [-0.2, -0.15) is 0 Å². The Labute approximate surface area is 178 Å². The molecule has 4 aromatic rings. The Bertz CT molecular complexity index is 1190. The highest BCUT2D eigenvalue weighted by Gasteiger charge is 2.22. The fourth-order valence-corrected chi connectivity index (χ4v) is 4.12. The van der Waals surface area contributed by atoms with Crippen LogP contribution in [0.15, 0.2) is 70.2 Å². The van der Waals surface area contributed by atoms with Crippen LogP contribution in [0, 0.1) is 0 Å². The summed E-state index contributed by atoms with van der Waals surface area (Å²) in [6.45, 7) is 4.14. The molecule has 0 aliphatic heterocycles. The van der Waals surface area contributed by atoms with Crippen LogP contribution in [-0.4, -0.2) is 38.6 Å². The van der Waals surface area contributed by atoms with Gasteiger partial charge in [-0.3, -0.25) is 0 Å². The van der Waals surface area contributed by atoms with Crippen LogP contribution in [0.3, 0.4) is 0 Å². The standard InChI is InChI=1S/C23H24N4O2S/c1-15(2)26-22-20-19(16-8-6-5-7-9-16)21(29-23(20)25-14-24-22)17-10-12-18(13-11-17)30(28)27(3)4/h5-15H,1-4H3,(H,24,25,26). The van der Waals surface area contributed by atoms with E-state index in [0.29, 0.717) is 11.5 Å². The number of benzene rings is 2. The SMILES string of the molecule is CC(C)Nc1ncnc2oc(-c3ccc(S(=O)N(C)C)cc3)c(-c3ccccc3)c12. The monoisotopic (exact) mass is 420 g/mol. The van der Waals surface area contributed by atoms with Gasteiger partial charge in [0.1, 0.15) is 28.9 Å². The number of hydrogen-bond acceptors (Lipinski definition) is 5. The van der Waals surface area contributed by atoms with E-state index in [2.05, 4.69) is 41.3 Å². The Kier molecular flexibility index (Phi) is 5.65. The molecule has 2 heterocycles. The minimum absolute atomic E-state index is 0.213. The number of nitrogens with one attached hydrogen (secondary N) is 1. The van der Waals surface area contributed by atoms with E-state index in [9.17, 15) is 4.21 Å². The van der Waals surface area contributed by atoms with Gasteiger partial charge in [-0.1, -0.05) is 30.3 Å². The number of anilines is 1. The first-order valence-corrected chi connectivity index (χ1v) is 10.9. The second-order valence-corrected chi connectivity index (χ2v) is 9.16. The number of rotatable bonds is 6. The lowest BCUT2D eigenvalue weighted by molar-refractivity contribution is 0.602. The maximum absolute atomic E-state index is 12.4. The summed E-state index contributed by atoms with van der Waals surface area (Å²) in [6, 6.07) is 17.9. The molecule has 6 nitrogen and oxygen atoms in total. The summed E-state index contributed by atoms with van der Waals surface area (Å²) in [6.07, 6.45) is 1.51. The second kappa shape index (κ2) is 8.38. The molecule has 0 aliphatic rings. The van der Waals surface area contributed by atoms with Crippen LogP contribution < -0.4 is 5.32 Å². The number of hydrogen-bond donors (Lipinski definition) is 1. The van der Waals surface area contributed by atoms with Gasteiger partial charge in [0.25, 0.3) is 0 Å². The lowest BCUT2D eigenvalue weighted by Gasteiger charge is -2.11. The predicted molar refractivity (Wildman–Crippen MR) is 122 cm³/mol. The highest BCUT2D eigenvalue weighted by atomic mass is 32.2. The zero-order valence-corrected chi connectivity index (χ0v) is 18.2. The van der Waals surface area contributed by atoms with Crippen molar-refractivity contribution >= 4 is 27.9 Å². The largest absolute Gasteiger partial charge is 0.437 e. The summed E-state index contributed by atoms with van der Waals surface area (Å²) in [7, 11) is 2.38. The topological polar surface area (TPSA) is 71.3 Å². The van der Waals surface area contributed by atoms with Gasteiger partial charge < -0.3 is 9.73 Å². The average molecular weight is 421 g/mol. The minimum atomic E-state index is -1.20. The molecule has 1 N–H and O–H groups in total. The van der Waals surface area contributed by atoms with E-state index in [-0.39, 0.29) is 6.04 Å². The molecule has 2 aromatic heterocycles. The third-order valence-electron chi connectivity index (χ3n) is 4.63. The third-order valence-corrected chi connectivity index (χ3v) is 5.96. The number of nitrogens with zero attached hydrogens (tertiary/aromatic N) is 3. The van der Waals surface area contributed by atoms with E-state index >= 15 is 0 Å². The van der Waals surface area contributed by atoms with Gasteiger partial charge >= 0.3 is 0 Å². The quantitative estimate of drug-likeness (QED) is 0.477. The highest BCUT2D eigenvalue weighted by Crippen LogP contribution is 2.42. The van der Waals surface area contributed by atoms with Gasteiger partial charge in [0.05, 0.1) is 10.3 Å². The van der Waals surface area contributed by atoms with Crippen LogP contribution in [0.2, 0.25) is 0 Å². The molecule has 0 saturated heterocycles. The fraction of sp³-hybridized carbons (Fsp3) is 0.217. The van der Waals surface area contributed by atoms with Gasteiger partial charge in [-0.05, 0) is 57.8 Å². The minimum Gasteiger partial charge on any atom is -0.437 e. The van der Waals surface area contributed by atoms with Crippen molar-refractivity contribution in [2.24, 2.45) is 0 Å².